The van der Waals surface area contributed by atoms with Crippen LogP contribution in [0.25, 0.3) is 0 Å². The van der Waals surface area contributed by atoms with E-state index in [1.807, 2.05) is 13.8 Å². The number of hydrogen-bond donors (Lipinski definition) is 0. The van der Waals surface area contributed by atoms with Crippen molar-refractivity contribution >= 4 is 37.5 Å². The molecule has 0 N–H and O–H groups in total. The molecule has 6 heteroatoms. The van der Waals surface area contributed by atoms with Crippen LogP contribution in [0.1, 0.15) is 19.4 Å². The van der Waals surface area contributed by atoms with Gasteiger partial charge in [-0.1, -0.05) is 29.8 Å². The van der Waals surface area contributed by atoms with E-state index >= 15 is 0 Å². The molecule has 1 atom stereocenters. The van der Waals surface area contributed by atoms with Gasteiger partial charge in [0.15, 0.2) is 0 Å². The molecule has 0 spiro atoms. The molecule has 0 aromatic heterocycles. The second kappa shape index (κ2) is 5.91. The van der Waals surface area contributed by atoms with Gasteiger partial charge in [0.2, 0.25) is 0 Å². The van der Waals surface area contributed by atoms with Crippen molar-refractivity contribution in [2.24, 2.45) is 5.92 Å². The van der Waals surface area contributed by atoms with Crippen LogP contribution in [-0.4, -0.2) is 9.75 Å². The van der Waals surface area contributed by atoms with E-state index in [9.17, 15) is 14.5 Å². The van der Waals surface area contributed by atoms with E-state index in [4.69, 9.17) is 0 Å². The number of nitrogens with zero attached hydrogens (tertiary/aromatic N) is 1. The van der Waals surface area contributed by atoms with Gasteiger partial charge in [-0.3, -0.25) is 10.1 Å². The molecule has 0 saturated heterocycles. The molecule has 0 aliphatic rings. The van der Waals surface area contributed by atoms with Gasteiger partial charge >= 0.3 is 0 Å². The molecule has 1 aromatic carbocycles. The topological polar surface area (TPSA) is 43.1 Å². The third kappa shape index (κ3) is 3.74. The summed E-state index contributed by atoms with van der Waals surface area (Å²) in [6, 6.07) is 2.43. The molecule has 0 saturated carbocycles. The van der Waals surface area contributed by atoms with Crippen molar-refractivity contribution in [3.05, 3.63) is 38.1 Å². The minimum atomic E-state index is -0.487. The standard InChI is InChI=1S/C11H12Br2FNO2/c1-6(2)8(12)3-7-4-10(14)9(13)5-11(7)15(16)17/h4-6,8H,3H2,1-2H3. The van der Waals surface area contributed by atoms with Gasteiger partial charge in [0.25, 0.3) is 5.69 Å². The lowest BCUT2D eigenvalue weighted by Gasteiger charge is -2.13. The summed E-state index contributed by atoms with van der Waals surface area (Å²) < 4.78 is 13.5. The zero-order valence-corrected chi connectivity index (χ0v) is 12.6. The molecule has 0 radical (unpaired) electrons. The maximum Gasteiger partial charge on any atom is 0.273 e. The van der Waals surface area contributed by atoms with Gasteiger partial charge < -0.3 is 0 Å². The highest BCUT2D eigenvalue weighted by Crippen LogP contribution is 2.29. The minimum Gasteiger partial charge on any atom is -0.258 e. The maximum atomic E-state index is 13.4. The highest BCUT2D eigenvalue weighted by Gasteiger charge is 2.21. The van der Waals surface area contributed by atoms with Crippen LogP contribution in [0, 0.1) is 21.8 Å². The number of rotatable bonds is 4. The van der Waals surface area contributed by atoms with Crippen molar-refractivity contribution in [2.75, 3.05) is 0 Å². The minimum absolute atomic E-state index is 0.0524. The van der Waals surface area contributed by atoms with Gasteiger partial charge in [0.05, 0.1) is 9.40 Å². The predicted molar refractivity (Wildman–Crippen MR) is 72.0 cm³/mol. The summed E-state index contributed by atoms with van der Waals surface area (Å²) in [5.41, 5.74) is 0.356. The van der Waals surface area contributed by atoms with Crippen LogP contribution in [-0.2, 0) is 6.42 Å². The Morgan fingerprint density at radius 3 is 2.53 bits per heavy atom. The van der Waals surface area contributed by atoms with Crippen molar-refractivity contribution < 1.29 is 9.31 Å². The lowest BCUT2D eigenvalue weighted by atomic mass is 10.0. The quantitative estimate of drug-likeness (QED) is 0.447. The Morgan fingerprint density at radius 1 is 1.47 bits per heavy atom. The van der Waals surface area contributed by atoms with Gasteiger partial charge in [0.1, 0.15) is 5.82 Å². The van der Waals surface area contributed by atoms with E-state index < -0.39 is 10.7 Å². The Hall–Kier alpha value is -0.490. The molecule has 0 amide bonds. The summed E-state index contributed by atoms with van der Waals surface area (Å²) >= 11 is 6.40. The van der Waals surface area contributed by atoms with Crippen molar-refractivity contribution in [1.29, 1.82) is 0 Å². The van der Waals surface area contributed by atoms with Crippen LogP contribution in [0.3, 0.4) is 0 Å². The van der Waals surface area contributed by atoms with Crippen LogP contribution in [0.2, 0.25) is 0 Å². The Bertz CT molecular complexity index is 438. The summed E-state index contributed by atoms with van der Waals surface area (Å²) in [6.45, 7) is 4.00. The van der Waals surface area contributed by atoms with E-state index in [0.29, 0.717) is 17.9 Å². The number of halogens is 3. The second-order valence-electron chi connectivity index (χ2n) is 4.12. The summed E-state index contributed by atoms with van der Waals surface area (Å²) in [7, 11) is 0. The second-order valence-corrected chi connectivity index (χ2v) is 6.15. The molecule has 1 rings (SSSR count). The van der Waals surface area contributed by atoms with Crippen LogP contribution in [0.4, 0.5) is 10.1 Å². The Morgan fingerprint density at radius 2 is 2.06 bits per heavy atom. The Labute approximate surface area is 116 Å². The largest absolute Gasteiger partial charge is 0.273 e. The van der Waals surface area contributed by atoms with Crippen molar-refractivity contribution in [2.45, 2.75) is 25.1 Å². The zero-order valence-electron chi connectivity index (χ0n) is 9.41. The average molecular weight is 369 g/mol. The average Bonchev–Trinajstić information content (AvgIpc) is 2.22. The van der Waals surface area contributed by atoms with E-state index in [-0.39, 0.29) is 15.0 Å². The van der Waals surface area contributed by atoms with Gasteiger partial charge in [0, 0.05) is 16.5 Å². The molecule has 17 heavy (non-hydrogen) atoms. The third-order valence-electron chi connectivity index (χ3n) is 2.46. The molecule has 94 valence electrons. The maximum absolute atomic E-state index is 13.4. The van der Waals surface area contributed by atoms with Gasteiger partial charge in [-0.15, -0.1) is 0 Å². The summed E-state index contributed by atoms with van der Waals surface area (Å²) in [4.78, 5) is 10.5. The number of nitro groups is 1. The summed E-state index contributed by atoms with van der Waals surface area (Å²) in [6.07, 6.45) is 0.429. The fourth-order valence-corrected chi connectivity index (χ4v) is 2.04. The van der Waals surface area contributed by atoms with Gasteiger partial charge in [-0.25, -0.2) is 4.39 Å². The first-order valence-corrected chi connectivity index (χ1v) is 6.80. The molecular formula is C11H12Br2FNO2. The lowest BCUT2D eigenvalue weighted by Crippen LogP contribution is -2.12. The van der Waals surface area contributed by atoms with E-state index in [2.05, 4.69) is 31.9 Å². The van der Waals surface area contributed by atoms with Crippen molar-refractivity contribution in [1.82, 2.24) is 0 Å². The van der Waals surface area contributed by atoms with Crippen LogP contribution < -0.4 is 0 Å². The molecule has 0 aliphatic heterocycles. The molecule has 0 fully saturated rings. The highest BCUT2D eigenvalue weighted by atomic mass is 79.9. The van der Waals surface area contributed by atoms with Crippen LogP contribution in [0.15, 0.2) is 16.6 Å². The first kappa shape index (κ1) is 14.6. The fraction of sp³-hybridized carbons (Fsp3) is 0.455. The monoisotopic (exact) mass is 367 g/mol. The molecule has 1 unspecified atom stereocenters. The molecule has 0 aliphatic carbocycles. The fourth-order valence-electron chi connectivity index (χ4n) is 1.36. The first-order valence-electron chi connectivity index (χ1n) is 5.09. The number of alkyl halides is 1. The molecular weight excluding hydrogens is 357 g/mol. The third-order valence-corrected chi connectivity index (χ3v) is 4.45. The SMILES string of the molecule is CC(C)C(Br)Cc1cc(F)c(Br)cc1[N+](=O)[O-]. The normalized spacial score (nSPS) is 12.8. The van der Waals surface area contributed by atoms with E-state index in [1.54, 1.807) is 0 Å². The van der Waals surface area contributed by atoms with Gasteiger partial charge in [-0.2, -0.15) is 0 Å². The smallest absolute Gasteiger partial charge is 0.258 e. The first-order chi connectivity index (χ1) is 7.82. The molecule has 1 aromatic rings. The molecule has 0 bridgehead atoms. The van der Waals surface area contributed by atoms with Crippen molar-refractivity contribution in [3.63, 3.8) is 0 Å². The van der Waals surface area contributed by atoms with E-state index in [1.165, 1.54) is 12.1 Å². The van der Waals surface area contributed by atoms with E-state index in [0.717, 1.165) is 0 Å². The predicted octanol–water partition coefficient (Wildman–Crippen LogP) is 4.46. The Balaban J connectivity index is 3.13. The van der Waals surface area contributed by atoms with Crippen molar-refractivity contribution in [3.8, 4) is 0 Å². The van der Waals surface area contributed by atoms with Gasteiger partial charge in [-0.05, 0) is 34.3 Å². The zero-order chi connectivity index (χ0) is 13.2. The van der Waals surface area contributed by atoms with Crippen LogP contribution >= 0.6 is 31.9 Å². The lowest BCUT2D eigenvalue weighted by molar-refractivity contribution is -0.385. The number of benzene rings is 1. The molecule has 3 nitrogen and oxygen atoms in total. The summed E-state index contributed by atoms with van der Waals surface area (Å²) in [5, 5.41) is 10.9. The summed E-state index contributed by atoms with van der Waals surface area (Å²) in [5.74, 6) is -0.157. The number of nitro benzene ring substituents is 1. The van der Waals surface area contributed by atoms with Crippen LogP contribution in [0.5, 0.6) is 0 Å². The number of hydrogen-bond acceptors (Lipinski definition) is 2. The molecule has 0 heterocycles. The Kier molecular flexibility index (Phi) is 5.06. The highest BCUT2D eigenvalue weighted by molar-refractivity contribution is 9.10.